The number of likely N-dealkylation sites (tertiary alicyclic amines) is 1. The maximum atomic E-state index is 6.00. The van der Waals surface area contributed by atoms with Gasteiger partial charge in [-0.2, -0.15) is 0 Å². The third-order valence-electron chi connectivity index (χ3n) is 4.08. The second-order valence-electron chi connectivity index (χ2n) is 5.39. The predicted molar refractivity (Wildman–Crippen MR) is 83.0 cm³/mol. The van der Waals surface area contributed by atoms with E-state index in [2.05, 4.69) is 39.6 Å². The molecule has 0 saturated carbocycles. The highest BCUT2D eigenvalue weighted by molar-refractivity contribution is 7.15. The third kappa shape index (κ3) is 2.16. The van der Waals surface area contributed by atoms with Crippen molar-refractivity contribution in [3.05, 3.63) is 35.5 Å². The fraction of sp³-hybridized carbons (Fsp3) is 0.467. The molecule has 4 rings (SSSR count). The van der Waals surface area contributed by atoms with E-state index >= 15 is 0 Å². The zero-order valence-corrected chi connectivity index (χ0v) is 12.3. The molecule has 0 aliphatic carbocycles. The Labute approximate surface area is 123 Å². The molecule has 1 aromatic rings. The predicted octanol–water partition coefficient (Wildman–Crippen LogP) is 2.81. The van der Waals surface area contributed by atoms with Gasteiger partial charge in [-0.15, -0.1) is 11.3 Å². The lowest BCUT2D eigenvalue weighted by molar-refractivity contribution is 0.108. The molecule has 0 atom stereocenters. The fourth-order valence-corrected chi connectivity index (χ4v) is 3.93. The van der Waals surface area contributed by atoms with Gasteiger partial charge >= 0.3 is 0 Å². The smallest absolute Gasteiger partial charge is 0.122 e. The van der Waals surface area contributed by atoms with Crippen molar-refractivity contribution in [3.8, 4) is 0 Å². The van der Waals surface area contributed by atoms with E-state index in [9.17, 15) is 0 Å². The Bertz CT molecular complexity index is 545. The lowest BCUT2D eigenvalue weighted by Gasteiger charge is -2.31. The number of hydrogen-bond acceptors (Lipinski definition) is 5. The summed E-state index contributed by atoms with van der Waals surface area (Å²) in [5.41, 5.74) is 2.39. The number of thiophene rings is 1. The normalized spacial score (nSPS) is 21.3. The first-order valence-corrected chi connectivity index (χ1v) is 8.18. The number of fused-ring (bicyclic) bond motifs is 3. The van der Waals surface area contributed by atoms with E-state index in [1.54, 1.807) is 11.3 Å². The first-order valence-electron chi connectivity index (χ1n) is 7.30. The van der Waals surface area contributed by atoms with Crippen LogP contribution in [0.25, 0.3) is 0 Å². The van der Waals surface area contributed by atoms with E-state index in [-0.39, 0.29) is 0 Å². The van der Waals surface area contributed by atoms with Gasteiger partial charge in [0.05, 0.1) is 18.5 Å². The van der Waals surface area contributed by atoms with Gasteiger partial charge in [0, 0.05) is 13.1 Å². The molecule has 4 heterocycles. The van der Waals surface area contributed by atoms with E-state index < -0.39 is 0 Å². The van der Waals surface area contributed by atoms with Gasteiger partial charge in [0.2, 0.25) is 0 Å². The van der Waals surface area contributed by atoms with Gasteiger partial charge in [-0.3, -0.25) is 4.84 Å². The third-order valence-corrected chi connectivity index (χ3v) is 5.01. The minimum atomic E-state index is 0.753. The van der Waals surface area contributed by atoms with Gasteiger partial charge in [0.1, 0.15) is 10.7 Å². The second kappa shape index (κ2) is 5.24. The summed E-state index contributed by atoms with van der Waals surface area (Å²) in [5.74, 6) is 0. The van der Waals surface area contributed by atoms with Crippen LogP contribution in [0.1, 0.15) is 12.8 Å². The number of anilines is 2. The number of nitrogens with zero attached hydrogens (tertiary/aromatic N) is 3. The summed E-state index contributed by atoms with van der Waals surface area (Å²) in [5, 5.41) is 5.37. The Morgan fingerprint density at radius 2 is 2.15 bits per heavy atom. The van der Waals surface area contributed by atoms with Crippen molar-refractivity contribution in [2.45, 2.75) is 12.8 Å². The average molecular weight is 289 g/mol. The van der Waals surface area contributed by atoms with Crippen LogP contribution < -0.4 is 9.96 Å². The van der Waals surface area contributed by atoms with Gasteiger partial charge < -0.3 is 9.80 Å². The lowest BCUT2D eigenvalue weighted by atomic mass is 10.3. The molecule has 0 N–H and O–H groups in total. The zero-order valence-electron chi connectivity index (χ0n) is 11.5. The van der Waals surface area contributed by atoms with E-state index in [4.69, 9.17) is 4.84 Å². The van der Waals surface area contributed by atoms with Crippen molar-refractivity contribution in [2.75, 3.05) is 42.7 Å². The molecule has 0 radical (unpaired) electrons. The Kier molecular flexibility index (Phi) is 3.26. The van der Waals surface area contributed by atoms with Crippen molar-refractivity contribution >= 4 is 22.0 Å². The van der Waals surface area contributed by atoms with E-state index in [0.29, 0.717) is 0 Å². The van der Waals surface area contributed by atoms with Gasteiger partial charge in [-0.05, 0) is 43.5 Å². The quantitative estimate of drug-likeness (QED) is 0.848. The molecule has 20 heavy (non-hydrogen) atoms. The lowest BCUT2D eigenvalue weighted by Crippen LogP contribution is -2.31. The molecule has 5 heteroatoms. The second-order valence-corrected chi connectivity index (χ2v) is 6.28. The molecule has 0 aromatic carbocycles. The Hall–Kier alpha value is -1.30. The number of allylic oxidation sites excluding steroid dienone is 1. The number of hydrogen-bond donors (Lipinski definition) is 0. The minimum Gasteiger partial charge on any atom is -0.326 e. The van der Waals surface area contributed by atoms with E-state index in [1.807, 2.05) is 5.06 Å². The highest BCUT2D eigenvalue weighted by atomic mass is 32.1. The highest BCUT2D eigenvalue weighted by Gasteiger charge is 2.27. The molecule has 0 amide bonds. The van der Waals surface area contributed by atoms with Crippen molar-refractivity contribution in [1.82, 2.24) is 4.90 Å². The Balaban J connectivity index is 1.44. The molecule has 0 unspecified atom stereocenters. The van der Waals surface area contributed by atoms with Crippen LogP contribution in [0.2, 0.25) is 0 Å². The summed E-state index contributed by atoms with van der Waals surface area (Å²) < 4.78 is 0. The van der Waals surface area contributed by atoms with Gasteiger partial charge in [-0.25, -0.2) is 5.06 Å². The average Bonchev–Trinajstić information content (AvgIpc) is 3.19. The largest absolute Gasteiger partial charge is 0.326 e. The Morgan fingerprint density at radius 1 is 1.25 bits per heavy atom. The van der Waals surface area contributed by atoms with Crippen molar-refractivity contribution in [3.63, 3.8) is 0 Å². The van der Waals surface area contributed by atoms with Gasteiger partial charge in [-0.1, -0.05) is 6.08 Å². The summed E-state index contributed by atoms with van der Waals surface area (Å²) in [7, 11) is 0. The van der Waals surface area contributed by atoms with Crippen molar-refractivity contribution in [1.29, 1.82) is 0 Å². The van der Waals surface area contributed by atoms with Crippen LogP contribution in [-0.4, -0.2) is 37.7 Å². The SMILES string of the molecule is C1=CC2=CN(OCCN3CCCC3)c3ccsc3N2C1. The summed E-state index contributed by atoms with van der Waals surface area (Å²) in [6.07, 6.45) is 9.13. The standard InChI is InChI=1S/C15H19N3OS/c1-2-7-16(6-1)9-10-19-18-12-13-4-3-8-17(13)15-14(18)5-11-20-15/h3-5,11-12H,1-2,6-10H2. The molecule has 0 bridgehead atoms. The fourth-order valence-electron chi connectivity index (χ4n) is 3.02. The highest BCUT2D eigenvalue weighted by Crippen LogP contribution is 2.42. The van der Waals surface area contributed by atoms with Crippen LogP contribution in [0.4, 0.5) is 10.7 Å². The number of rotatable bonds is 4. The number of hydroxylamine groups is 1. The zero-order chi connectivity index (χ0) is 13.4. The molecule has 106 valence electrons. The van der Waals surface area contributed by atoms with Crippen molar-refractivity contribution < 1.29 is 4.84 Å². The molecule has 3 aliphatic heterocycles. The van der Waals surface area contributed by atoms with E-state index in [1.165, 1.54) is 42.3 Å². The molecule has 1 saturated heterocycles. The van der Waals surface area contributed by atoms with Crippen molar-refractivity contribution in [2.24, 2.45) is 0 Å². The van der Waals surface area contributed by atoms with Gasteiger partial charge in [0.25, 0.3) is 0 Å². The van der Waals surface area contributed by atoms with Crippen LogP contribution in [0.15, 0.2) is 35.5 Å². The molecule has 0 spiro atoms. The summed E-state index contributed by atoms with van der Waals surface area (Å²) in [4.78, 5) is 10.8. The minimum absolute atomic E-state index is 0.753. The maximum Gasteiger partial charge on any atom is 0.122 e. The van der Waals surface area contributed by atoms with Gasteiger partial charge in [0.15, 0.2) is 0 Å². The van der Waals surface area contributed by atoms with E-state index in [0.717, 1.165) is 19.7 Å². The summed E-state index contributed by atoms with van der Waals surface area (Å²) in [6, 6.07) is 2.14. The maximum absolute atomic E-state index is 6.00. The summed E-state index contributed by atoms with van der Waals surface area (Å²) in [6.45, 7) is 5.21. The molecule has 1 aromatic heterocycles. The monoisotopic (exact) mass is 289 g/mol. The molecule has 3 aliphatic rings. The topological polar surface area (TPSA) is 19.0 Å². The summed E-state index contributed by atoms with van der Waals surface area (Å²) >= 11 is 1.78. The molecule has 4 nitrogen and oxygen atoms in total. The van der Waals surface area contributed by atoms with Crippen LogP contribution in [-0.2, 0) is 4.84 Å². The first-order chi connectivity index (χ1) is 9.92. The van der Waals surface area contributed by atoms with Crippen LogP contribution in [0, 0.1) is 0 Å². The van der Waals surface area contributed by atoms with Crippen LogP contribution >= 0.6 is 11.3 Å². The molecular formula is C15H19N3OS. The molecule has 1 fully saturated rings. The Morgan fingerprint density at radius 3 is 3.05 bits per heavy atom. The molecular weight excluding hydrogens is 270 g/mol. The van der Waals surface area contributed by atoms with Crippen LogP contribution in [0.3, 0.4) is 0 Å². The first kappa shape index (κ1) is 12.4. The van der Waals surface area contributed by atoms with Crippen LogP contribution in [0.5, 0.6) is 0 Å².